The maximum atomic E-state index is 2.62. The van der Waals surface area contributed by atoms with Crippen molar-refractivity contribution in [3.05, 3.63) is 0 Å². The molecule has 2 aliphatic rings. The number of nitrogens with zero attached hydrogens (tertiary/aromatic N) is 2. The number of rotatable bonds is 6. The Morgan fingerprint density at radius 1 is 0.952 bits per heavy atom. The summed E-state index contributed by atoms with van der Waals surface area (Å²) < 4.78 is 0. The van der Waals surface area contributed by atoms with Crippen LogP contribution in [0.5, 0.6) is 0 Å². The molecule has 0 aromatic rings. The van der Waals surface area contributed by atoms with Crippen LogP contribution in [0.1, 0.15) is 66.2 Å². The van der Waals surface area contributed by atoms with Gasteiger partial charge in [-0.1, -0.05) is 13.8 Å². The highest BCUT2D eigenvalue weighted by Gasteiger charge is 2.47. The minimum absolute atomic E-state index is 0.664. The van der Waals surface area contributed by atoms with Crippen LogP contribution in [0.2, 0.25) is 0 Å². The standard InChI is InChI=1S/C19H38N2/c1-15(2)17-7-9-19(10-8-17)13-18(14-19)21(6)12-11-20(5)16(3)4/h15-18H,7-14H2,1-6H3. The number of hydrogen-bond acceptors (Lipinski definition) is 2. The maximum absolute atomic E-state index is 2.62. The van der Waals surface area contributed by atoms with Gasteiger partial charge in [-0.3, -0.25) is 0 Å². The van der Waals surface area contributed by atoms with Crippen LogP contribution in [-0.2, 0) is 0 Å². The van der Waals surface area contributed by atoms with Gasteiger partial charge in [-0.25, -0.2) is 0 Å². The first-order chi connectivity index (χ1) is 9.83. The van der Waals surface area contributed by atoms with E-state index in [1.165, 1.54) is 51.6 Å². The van der Waals surface area contributed by atoms with Crippen LogP contribution >= 0.6 is 0 Å². The monoisotopic (exact) mass is 294 g/mol. The molecule has 0 saturated heterocycles. The molecule has 0 N–H and O–H groups in total. The Morgan fingerprint density at radius 3 is 2.00 bits per heavy atom. The van der Waals surface area contributed by atoms with E-state index in [-0.39, 0.29) is 0 Å². The molecule has 2 aliphatic carbocycles. The molecule has 0 unspecified atom stereocenters. The second-order valence-electron chi connectivity index (χ2n) is 8.70. The van der Waals surface area contributed by atoms with Gasteiger partial charge >= 0.3 is 0 Å². The van der Waals surface area contributed by atoms with E-state index >= 15 is 0 Å². The second kappa shape index (κ2) is 7.00. The Labute approximate surface area is 133 Å². The molecule has 2 heteroatoms. The summed E-state index contributed by atoms with van der Waals surface area (Å²) in [5.74, 6) is 1.90. The summed E-state index contributed by atoms with van der Waals surface area (Å²) in [6.07, 6.45) is 8.94. The molecular weight excluding hydrogens is 256 g/mol. The van der Waals surface area contributed by atoms with E-state index < -0.39 is 0 Å². The van der Waals surface area contributed by atoms with E-state index in [4.69, 9.17) is 0 Å². The molecule has 2 rings (SSSR count). The molecule has 0 aromatic carbocycles. The third-order valence-corrected chi connectivity index (χ3v) is 6.68. The first kappa shape index (κ1) is 17.3. The molecule has 0 radical (unpaired) electrons. The largest absolute Gasteiger partial charge is 0.303 e. The summed E-state index contributed by atoms with van der Waals surface area (Å²) in [5.41, 5.74) is 0.744. The summed E-state index contributed by atoms with van der Waals surface area (Å²) in [6.45, 7) is 11.8. The topological polar surface area (TPSA) is 6.48 Å². The van der Waals surface area contributed by atoms with E-state index in [9.17, 15) is 0 Å². The third kappa shape index (κ3) is 4.22. The smallest absolute Gasteiger partial charge is 0.0109 e. The average Bonchev–Trinajstić information content (AvgIpc) is 2.41. The van der Waals surface area contributed by atoms with Gasteiger partial charge in [0.05, 0.1) is 0 Å². The quantitative estimate of drug-likeness (QED) is 0.722. The number of hydrogen-bond donors (Lipinski definition) is 0. The fraction of sp³-hybridized carbons (Fsp3) is 1.00. The van der Waals surface area contributed by atoms with E-state index in [0.29, 0.717) is 6.04 Å². The summed E-state index contributed by atoms with van der Waals surface area (Å²) in [5, 5.41) is 0. The molecule has 0 aromatic heterocycles. The van der Waals surface area contributed by atoms with Crippen LogP contribution in [-0.4, -0.2) is 49.1 Å². The molecule has 21 heavy (non-hydrogen) atoms. The van der Waals surface area contributed by atoms with Crippen molar-refractivity contribution in [2.45, 2.75) is 78.3 Å². The highest BCUT2D eigenvalue weighted by molar-refractivity contribution is 5.00. The van der Waals surface area contributed by atoms with Gasteiger partial charge < -0.3 is 9.80 Å². The molecule has 0 atom stereocenters. The highest BCUT2D eigenvalue weighted by Crippen LogP contribution is 2.54. The van der Waals surface area contributed by atoms with Crippen molar-refractivity contribution < 1.29 is 0 Å². The van der Waals surface area contributed by atoms with Crippen molar-refractivity contribution in [1.29, 1.82) is 0 Å². The number of likely N-dealkylation sites (N-methyl/N-ethyl adjacent to an activating group) is 2. The zero-order chi connectivity index (χ0) is 15.6. The Hall–Kier alpha value is -0.0800. The lowest BCUT2D eigenvalue weighted by Crippen LogP contribution is -2.52. The average molecular weight is 295 g/mol. The first-order valence-electron chi connectivity index (χ1n) is 9.23. The van der Waals surface area contributed by atoms with Crippen molar-refractivity contribution in [2.24, 2.45) is 17.3 Å². The van der Waals surface area contributed by atoms with Crippen LogP contribution in [0.4, 0.5) is 0 Å². The van der Waals surface area contributed by atoms with Crippen molar-refractivity contribution in [3.63, 3.8) is 0 Å². The Balaban J connectivity index is 1.69. The minimum Gasteiger partial charge on any atom is -0.303 e. The second-order valence-corrected chi connectivity index (χ2v) is 8.70. The lowest BCUT2D eigenvalue weighted by Gasteiger charge is -2.54. The molecular formula is C19H38N2. The normalized spacial score (nSPS) is 33.4. The summed E-state index contributed by atoms with van der Waals surface area (Å²) in [7, 11) is 4.58. The molecule has 2 nitrogen and oxygen atoms in total. The summed E-state index contributed by atoms with van der Waals surface area (Å²) >= 11 is 0. The zero-order valence-corrected chi connectivity index (χ0v) is 15.4. The Bertz CT molecular complexity index is 308. The zero-order valence-electron chi connectivity index (χ0n) is 15.4. The fourth-order valence-electron chi connectivity index (χ4n) is 4.34. The maximum Gasteiger partial charge on any atom is 0.0109 e. The van der Waals surface area contributed by atoms with Gasteiger partial charge in [0.2, 0.25) is 0 Å². The van der Waals surface area contributed by atoms with Crippen LogP contribution in [0.25, 0.3) is 0 Å². The minimum atomic E-state index is 0.664. The molecule has 2 fully saturated rings. The molecule has 0 amide bonds. The first-order valence-corrected chi connectivity index (χ1v) is 9.23. The predicted molar refractivity (Wildman–Crippen MR) is 92.6 cm³/mol. The summed E-state index contributed by atoms with van der Waals surface area (Å²) in [4.78, 5) is 5.08. The van der Waals surface area contributed by atoms with Crippen LogP contribution in [0, 0.1) is 17.3 Å². The molecule has 0 heterocycles. The van der Waals surface area contributed by atoms with Crippen molar-refractivity contribution in [2.75, 3.05) is 27.2 Å². The van der Waals surface area contributed by atoms with E-state index in [1.54, 1.807) is 0 Å². The fourth-order valence-corrected chi connectivity index (χ4v) is 4.34. The van der Waals surface area contributed by atoms with Gasteiger partial charge in [0.1, 0.15) is 0 Å². The molecule has 2 saturated carbocycles. The lowest BCUT2D eigenvalue weighted by molar-refractivity contribution is -0.0319. The van der Waals surface area contributed by atoms with Crippen LogP contribution in [0.15, 0.2) is 0 Å². The predicted octanol–water partition coefficient (Wildman–Crippen LogP) is 4.25. The molecule has 0 bridgehead atoms. The lowest BCUT2D eigenvalue weighted by atomic mass is 9.56. The van der Waals surface area contributed by atoms with Crippen molar-refractivity contribution in [1.82, 2.24) is 9.80 Å². The van der Waals surface area contributed by atoms with Gasteiger partial charge in [-0.2, -0.15) is 0 Å². The van der Waals surface area contributed by atoms with Gasteiger partial charge in [0.15, 0.2) is 0 Å². The Kier molecular flexibility index (Phi) is 5.76. The Morgan fingerprint density at radius 2 is 1.52 bits per heavy atom. The molecule has 124 valence electrons. The SMILES string of the molecule is CC(C)C1CCC2(CC1)CC(N(C)CCN(C)C(C)C)C2. The van der Waals surface area contributed by atoms with E-state index in [2.05, 4.69) is 51.6 Å². The molecule has 1 spiro atoms. The van der Waals surface area contributed by atoms with Gasteiger partial charge in [-0.15, -0.1) is 0 Å². The van der Waals surface area contributed by atoms with Crippen LogP contribution < -0.4 is 0 Å². The van der Waals surface area contributed by atoms with Gasteiger partial charge in [-0.05, 0) is 83.7 Å². The molecule has 0 aliphatic heterocycles. The van der Waals surface area contributed by atoms with Crippen LogP contribution in [0.3, 0.4) is 0 Å². The van der Waals surface area contributed by atoms with Crippen molar-refractivity contribution in [3.8, 4) is 0 Å². The van der Waals surface area contributed by atoms with Gasteiger partial charge in [0, 0.05) is 25.2 Å². The van der Waals surface area contributed by atoms with E-state index in [1.807, 2.05) is 0 Å². The van der Waals surface area contributed by atoms with Gasteiger partial charge in [0.25, 0.3) is 0 Å². The van der Waals surface area contributed by atoms with E-state index in [0.717, 1.165) is 23.3 Å². The third-order valence-electron chi connectivity index (χ3n) is 6.68. The highest BCUT2D eigenvalue weighted by atomic mass is 15.2. The van der Waals surface area contributed by atoms with Crippen molar-refractivity contribution >= 4 is 0 Å². The summed E-state index contributed by atoms with van der Waals surface area (Å²) in [6, 6.07) is 1.53.